The molecule has 5 nitrogen and oxygen atoms in total. The minimum Gasteiger partial charge on any atom is -0.353 e. The van der Waals surface area contributed by atoms with Gasteiger partial charge in [0.1, 0.15) is 0 Å². The lowest BCUT2D eigenvalue weighted by molar-refractivity contribution is -0.119. The molecule has 0 aliphatic heterocycles. The Labute approximate surface area is 169 Å². The monoisotopic (exact) mass is 392 g/mol. The highest BCUT2D eigenvalue weighted by atomic mass is 32.2. The van der Waals surface area contributed by atoms with Crippen LogP contribution in [-0.2, 0) is 4.79 Å². The number of hydrogen-bond donors (Lipinski definition) is 1. The zero-order chi connectivity index (χ0) is 19.3. The second-order valence-electron chi connectivity index (χ2n) is 7.18. The fourth-order valence-electron chi connectivity index (χ4n) is 3.53. The first kappa shape index (κ1) is 18.7. The highest BCUT2D eigenvalue weighted by molar-refractivity contribution is 7.99. The first-order valence-electron chi connectivity index (χ1n) is 9.71. The third-order valence-corrected chi connectivity index (χ3v) is 5.94. The summed E-state index contributed by atoms with van der Waals surface area (Å²) in [6, 6.07) is 18.6. The largest absolute Gasteiger partial charge is 0.353 e. The number of carbonyl (C=O) groups is 1. The number of aromatic nitrogens is 3. The molecule has 0 radical (unpaired) electrons. The van der Waals surface area contributed by atoms with Crippen LogP contribution in [0.5, 0.6) is 0 Å². The van der Waals surface area contributed by atoms with Crippen LogP contribution < -0.4 is 5.32 Å². The van der Waals surface area contributed by atoms with E-state index in [-0.39, 0.29) is 5.91 Å². The summed E-state index contributed by atoms with van der Waals surface area (Å²) in [5.41, 5.74) is 3.19. The predicted octanol–water partition coefficient (Wildman–Crippen LogP) is 4.39. The summed E-state index contributed by atoms with van der Waals surface area (Å²) < 4.78 is 2.03. The van der Waals surface area contributed by atoms with Crippen molar-refractivity contribution in [1.29, 1.82) is 0 Å². The number of nitrogens with zero attached hydrogens (tertiary/aromatic N) is 3. The van der Waals surface area contributed by atoms with Gasteiger partial charge in [-0.05, 0) is 31.9 Å². The van der Waals surface area contributed by atoms with E-state index in [0.29, 0.717) is 11.8 Å². The zero-order valence-corrected chi connectivity index (χ0v) is 16.8. The number of benzene rings is 2. The van der Waals surface area contributed by atoms with E-state index in [1.807, 2.05) is 34.9 Å². The van der Waals surface area contributed by atoms with Gasteiger partial charge in [-0.3, -0.25) is 9.36 Å². The Bertz CT molecular complexity index is 931. The average molecular weight is 393 g/mol. The lowest BCUT2D eigenvalue weighted by Crippen LogP contribution is -2.33. The molecular weight excluding hydrogens is 368 g/mol. The summed E-state index contributed by atoms with van der Waals surface area (Å²) in [4.78, 5) is 12.4. The van der Waals surface area contributed by atoms with E-state index < -0.39 is 0 Å². The molecule has 1 fully saturated rings. The molecule has 0 atom stereocenters. The Kier molecular flexibility index (Phi) is 5.76. The van der Waals surface area contributed by atoms with Crippen molar-refractivity contribution in [3.63, 3.8) is 0 Å². The molecule has 6 heteroatoms. The number of nitrogens with one attached hydrogen (secondary N) is 1. The Morgan fingerprint density at radius 2 is 1.79 bits per heavy atom. The maximum Gasteiger partial charge on any atom is 0.230 e. The van der Waals surface area contributed by atoms with Crippen LogP contribution in [0.15, 0.2) is 59.8 Å². The number of rotatable bonds is 6. The molecule has 0 spiro atoms. The average Bonchev–Trinajstić information content (AvgIpc) is 3.37. The summed E-state index contributed by atoms with van der Waals surface area (Å²) in [6.07, 6.45) is 4.60. The molecule has 1 aromatic heterocycles. The molecule has 4 rings (SSSR count). The normalized spacial score (nSPS) is 14.3. The standard InChI is InChI=1S/C22H24N4OS/c1-16-11-13-19(14-12-16)26-21(17-7-3-2-4-8-17)24-25-22(26)28-15-20(27)23-18-9-5-6-10-18/h2-4,7-8,11-14,18H,5-6,9-10,15H2,1H3,(H,23,27). The van der Waals surface area contributed by atoms with Gasteiger partial charge in [0.25, 0.3) is 0 Å². The number of aryl methyl sites for hydroxylation is 1. The topological polar surface area (TPSA) is 59.8 Å². The van der Waals surface area contributed by atoms with E-state index in [1.54, 1.807) is 0 Å². The van der Waals surface area contributed by atoms with Gasteiger partial charge in [-0.2, -0.15) is 0 Å². The van der Waals surface area contributed by atoms with Crippen LogP contribution in [0.25, 0.3) is 17.1 Å². The van der Waals surface area contributed by atoms with Gasteiger partial charge in [-0.15, -0.1) is 10.2 Å². The van der Waals surface area contributed by atoms with E-state index >= 15 is 0 Å². The van der Waals surface area contributed by atoms with Crippen LogP contribution in [-0.4, -0.2) is 32.5 Å². The molecule has 1 N–H and O–H groups in total. The lowest BCUT2D eigenvalue weighted by Gasteiger charge is -2.13. The minimum atomic E-state index is 0.0663. The third-order valence-electron chi connectivity index (χ3n) is 5.01. The fourth-order valence-corrected chi connectivity index (χ4v) is 4.30. The smallest absolute Gasteiger partial charge is 0.230 e. The number of amides is 1. The Morgan fingerprint density at radius 3 is 2.50 bits per heavy atom. The molecule has 1 aliphatic carbocycles. The first-order valence-corrected chi connectivity index (χ1v) is 10.7. The van der Waals surface area contributed by atoms with Gasteiger partial charge in [0.05, 0.1) is 5.75 Å². The van der Waals surface area contributed by atoms with E-state index in [9.17, 15) is 4.79 Å². The van der Waals surface area contributed by atoms with E-state index in [1.165, 1.54) is 30.2 Å². The number of thioether (sulfide) groups is 1. The Balaban J connectivity index is 1.58. The highest BCUT2D eigenvalue weighted by Crippen LogP contribution is 2.28. The van der Waals surface area contributed by atoms with Crippen molar-refractivity contribution >= 4 is 17.7 Å². The summed E-state index contributed by atoms with van der Waals surface area (Å²) in [5.74, 6) is 1.19. The molecule has 3 aromatic rings. The first-order chi connectivity index (χ1) is 13.7. The molecular formula is C22H24N4OS. The second-order valence-corrected chi connectivity index (χ2v) is 8.12. The van der Waals surface area contributed by atoms with Crippen LogP contribution in [0.4, 0.5) is 0 Å². The third kappa shape index (κ3) is 4.28. The maximum absolute atomic E-state index is 12.4. The molecule has 1 saturated carbocycles. The van der Waals surface area contributed by atoms with Gasteiger partial charge in [-0.25, -0.2) is 0 Å². The summed E-state index contributed by atoms with van der Waals surface area (Å²) in [7, 11) is 0. The quantitative estimate of drug-likeness (QED) is 0.632. The molecule has 1 heterocycles. The second kappa shape index (κ2) is 8.61. The molecule has 1 amide bonds. The van der Waals surface area contributed by atoms with Gasteiger partial charge in [0.15, 0.2) is 11.0 Å². The molecule has 28 heavy (non-hydrogen) atoms. The zero-order valence-electron chi connectivity index (χ0n) is 16.0. The molecule has 144 valence electrons. The van der Waals surface area contributed by atoms with Crippen LogP contribution >= 0.6 is 11.8 Å². The molecule has 2 aromatic carbocycles. The lowest BCUT2D eigenvalue weighted by atomic mass is 10.2. The van der Waals surface area contributed by atoms with Crippen molar-refractivity contribution in [3.05, 3.63) is 60.2 Å². The van der Waals surface area contributed by atoms with E-state index in [0.717, 1.165) is 35.1 Å². The molecule has 0 bridgehead atoms. The molecule has 0 saturated heterocycles. The molecule has 1 aliphatic rings. The van der Waals surface area contributed by atoms with Gasteiger partial charge in [0.2, 0.25) is 5.91 Å². The van der Waals surface area contributed by atoms with Gasteiger partial charge in [-0.1, -0.05) is 72.6 Å². The van der Waals surface area contributed by atoms with Crippen LogP contribution in [0.1, 0.15) is 31.2 Å². The minimum absolute atomic E-state index is 0.0663. The van der Waals surface area contributed by atoms with E-state index in [2.05, 4.69) is 46.7 Å². The van der Waals surface area contributed by atoms with Crippen molar-refractivity contribution in [2.75, 3.05) is 5.75 Å². The summed E-state index contributed by atoms with van der Waals surface area (Å²) >= 11 is 1.43. The maximum atomic E-state index is 12.4. The molecule has 0 unspecified atom stereocenters. The van der Waals surface area contributed by atoms with Crippen LogP contribution in [0.2, 0.25) is 0 Å². The van der Waals surface area contributed by atoms with Crippen LogP contribution in [0.3, 0.4) is 0 Å². The Morgan fingerprint density at radius 1 is 1.07 bits per heavy atom. The van der Waals surface area contributed by atoms with Crippen molar-refractivity contribution < 1.29 is 4.79 Å². The van der Waals surface area contributed by atoms with Crippen molar-refractivity contribution in [2.24, 2.45) is 0 Å². The van der Waals surface area contributed by atoms with Gasteiger partial charge in [0, 0.05) is 17.3 Å². The van der Waals surface area contributed by atoms with Crippen LogP contribution in [0, 0.1) is 6.92 Å². The van der Waals surface area contributed by atoms with Crippen molar-refractivity contribution in [2.45, 2.75) is 43.8 Å². The Hall–Kier alpha value is -2.60. The van der Waals surface area contributed by atoms with E-state index in [4.69, 9.17) is 0 Å². The fraction of sp³-hybridized carbons (Fsp3) is 0.318. The SMILES string of the molecule is Cc1ccc(-n2c(SCC(=O)NC3CCCC3)nnc2-c2ccccc2)cc1. The number of hydrogen-bond acceptors (Lipinski definition) is 4. The number of carbonyl (C=O) groups excluding carboxylic acids is 1. The highest BCUT2D eigenvalue weighted by Gasteiger charge is 2.20. The van der Waals surface area contributed by atoms with Gasteiger partial charge >= 0.3 is 0 Å². The summed E-state index contributed by atoms with van der Waals surface area (Å²) in [6.45, 7) is 2.07. The van der Waals surface area contributed by atoms with Crippen molar-refractivity contribution in [1.82, 2.24) is 20.1 Å². The summed E-state index contributed by atoms with van der Waals surface area (Å²) in [5, 5.41) is 12.7. The van der Waals surface area contributed by atoms with Gasteiger partial charge < -0.3 is 5.32 Å². The van der Waals surface area contributed by atoms with Crippen molar-refractivity contribution in [3.8, 4) is 17.1 Å². The predicted molar refractivity (Wildman–Crippen MR) is 113 cm³/mol.